The van der Waals surface area contributed by atoms with Crippen molar-refractivity contribution in [3.05, 3.63) is 71.1 Å². The van der Waals surface area contributed by atoms with Gasteiger partial charge in [-0.2, -0.15) is 18.2 Å². The molecule has 0 bridgehead atoms. The molecule has 0 aliphatic heterocycles. The Bertz CT molecular complexity index is 1090. The van der Waals surface area contributed by atoms with Crippen LogP contribution < -0.4 is 5.32 Å². The molecule has 0 saturated heterocycles. The molecule has 1 aromatic heterocycles. The average molecular weight is 415 g/mol. The minimum absolute atomic E-state index is 0.0840. The van der Waals surface area contributed by atoms with Crippen molar-refractivity contribution in [2.24, 2.45) is 0 Å². The van der Waals surface area contributed by atoms with Crippen molar-refractivity contribution in [2.45, 2.75) is 32.9 Å². The number of anilines is 1. The predicted octanol–water partition coefficient (Wildman–Crippen LogP) is 5.84. The third-order valence-electron chi connectivity index (χ3n) is 4.35. The van der Waals surface area contributed by atoms with Crippen LogP contribution in [0.5, 0.6) is 0 Å². The number of carbonyl (C=O) groups excluding carboxylic acids is 1. The number of nitrogens with zero attached hydrogens (tertiary/aromatic N) is 2. The van der Waals surface area contributed by atoms with E-state index in [1.807, 2.05) is 26.8 Å². The Morgan fingerprint density at radius 2 is 1.90 bits per heavy atom. The number of aromatic nitrogens is 2. The molecule has 30 heavy (non-hydrogen) atoms. The lowest BCUT2D eigenvalue weighted by atomic mass is 10.1. The maximum Gasteiger partial charge on any atom is 0.416 e. The van der Waals surface area contributed by atoms with Crippen LogP contribution in [0.25, 0.3) is 17.5 Å². The van der Waals surface area contributed by atoms with Crippen molar-refractivity contribution < 1.29 is 22.5 Å². The quantitative estimate of drug-likeness (QED) is 0.532. The number of carbonyl (C=O) groups is 1. The molecule has 5 nitrogen and oxygen atoms in total. The van der Waals surface area contributed by atoms with Gasteiger partial charge in [0.05, 0.1) is 16.8 Å². The molecule has 0 fully saturated rings. The summed E-state index contributed by atoms with van der Waals surface area (Å²) < 4.78 is 43.8. The largest absolute Gasteiger partial charge is 0.416 e. The smallest absolute Gasteiger partial charge is 0.334 e. The maximum absolute atomic E-state index is 12.8. The molecular formula is C22H20F3N3O2. The summed E-state index contributed by atoms with van der Waals surface area (Å²) in [4.78, 5) is 16.8. The highest BCUT2D eigenvalue weighted by Gasteiger charge is 2.30. The van der Waals surface area contributed by atoms with Crippen LogP contribution >= 0.6 is 0 Å². The number of rotatable bonds is 5. The van der Waals surface area contributed by atoms with E-state index in [0.717, 1.165) is 17.7 Å². The summed E-state index contributed by atoms with van der Waals surface area (Å²) in [5.74, 6) is 0.417. The van der Waals surface area contributed by atoms with Crippen molar-refractivity contribution in [2.75, 3.05) is 5.32 Å². The highest BCUT2D eigenvalue weighted by atomic mass is 19.4. The predicted molar refractivity (Wildman–Crippen MR) is 108 cm³/mol. The number of para-hydroxylation sites is 1. The van der Waals surface area contributed by atoms with Gasteiger partial charge in [-0.1, -0.05) is 43.3 Å². The lowest BCUT2D eigenvalue weighted by Crippen LogP contribution is -2.10. The van der Waals surface area contributed by atoms with E-state index in [0.29, 0.717) is 17.1 Å². The number of benzene rings is 2. The molecule has 1 heterocycles. The van der Waals surface area contributed by atoms with Crippen molar-refractivity contribution in [1.82, 2.24) is 10.1 Å². The van der Waals surface area contributed by atoms with Crippen LogP contribution in [0.1, 0.15) is 42.3 Å². The molecule has 0 aliphatic rings. The van der Waals surface area contributed by atoms with Crippen LogP contribution in [0, 0.1) is 6.92 Å². The fourth-order valence-corrected chi connectivity index (χ4v) is 2.75. The molecule has 1 amide bonds. The van der Waals surface area contributed by atoms with Crippen molar-refractivity contribution >= 4 is 17.7 Å². The summed E-state index contributed by atoms with van der Waals surface area (Å²) in [7, 11) is 0. The molecule has 0 spiro atoms. The van der Waals surface area contributed by atoms with E-state index in [-0.39, 0.29) is 17.4 Å². The van der Waals surface area contributed by atoms with Gasteiger partial charge in [-0.3, -0.25) is 4.79 Å². The van der Waals surface area contributed by atoms with Crippen LogP contribution in [-0.2, 0) is 11.0 Å². The summed E-state index contributed by atoms with van der Waals surface area (Å²) in [6.45, 7) is 5.69. The Morgan fingerprint density at radius 3 is 2.57 bits per heavy atom. The molecule has 1 N–H and O–H groups in total. The first-order valence-corrected chi connectivity index (χ1v) is 9.25. The zero-order valence-electron chi connectivity index (χ0n) is 16.6. The number of alkyl halides is 3. The summed E-state index contributed by atoms with van der Waals surface area (Å²) in [5.41, 5.74) is 1.33. The van der Waals surface area contributed by atoms with Gasteiger partial charge in [0.2, 0.25) is 5.91 Å². The third kappa shape index (κ3) is 4.94. The molecule has 0 atom stereocenters. The standard InChI is InChI=1S/C22H20F3N3O2/c1-13(2)20-27-21(30-28-20)17-9-4-6-14(3)19(17)26-18(29)11-10-15-7-5-8-16(12-15)22(23,24)25/h4-13H,1-3H3,(H,26,29)/b11-10+. The SMILES string of the molecule is Cc1cccc(-c2nc(C(C)C)no2)c1NC(=O)/C=C/c1cccc(C(F)(F)F)c1. The topological polar surface area (TPSA) is 68.0 Å². The van der Waals surface area contributed by atoms with Gasteiger partial charge in [0.1, 0.15) is 0 Å². The summed E-state index contributed by atoms with van der Waals surface area (Å²) >= 11 is 0. The van der Waals surface area contributed by atoms with E-state index in [2.05, 4.69) is 15.5 Å². The summed E-state index contributed by atoms with van der Waals surface area (Å²) in [6, 6.07) is 10.1. The van der Waals surface area contributed by atoms with E-state index in [1.165, 1.54) is 24.3 Å². The van der Waals surface area contributed by atoms with E-state index >= 15 is 0 Å². The number of hydrogen-bond acceptors (Lipinski definition) is 4. The van der Waals surface area contributed by atoms with Crippen molar-refractivity contribution in [3.8, 4) is 11.5 Å². The van der Waals surface area contributed by atoms with E-state index in [1.54, 1.807) is 12.1 Å². The number of halogens is 3. The van der Waals surface area contributed by atoms with Gasteiger partial charge < -0.3 is 9.84 Å². The second kappa shape index (κ2) is 8.52. The van der Waals surface area contributed by atoms with Crippen LogP contribution in [-0.4, -0.2) is 16.0 Å². The average Bonchev–Trinajstić information content (AvgIpc) is 3.18. The zero-order valence-corrected chi connectivity index (χ0v) is 16.6. The summed E-state index contributed by atoms with van der Waals surface area (Å²) in [5, 5.41) is 6.70. The minimum Gasteiger partial charge on any atom is -0.334 e. The van der Waals surface area contributed by atoms with E-state index in [9.17, 15) is 18.0 Å². The second-order valence-corrected chi connectivity index (χ2v) is 7.06. The Hall–Kier alpha value is -3.42. The number of hydrogen-bond donors (Lipinski definition) is 1. The first-order chi connectivity index (χ1) is 14.1. The molecule has 3 rings (SSSR count). The fraction of sp³-hybridized carbons (Fsp3) is 0.227. The molecule has 0 unspecified atom stereocenters. The zero-order chi connectivity index (χ0) is 21.9. The highest BCUT2D eigenvalue weighted by Crippen LogP contribution is 2.31. The number of amides is 1. The van der Waals surface area contributed by atoms with Gasteiger partial charge in [-0.25, -0.2) is 0 Å². The maximum atomic E-state index is 12.8. The second-order valence-electron chi connectivity index (χ2n) is 7.06. The summed E-state index contributed by atoms with van der Waals surface area (Å²) in [6.07, 6.45) is -1.94. The van der Waals surface area contributed by atoms with Gasteiger partial charge in [0.15, 0.2) is 5.82 Å². The highest BCUT2D eigenvalue weighted by molar-refractivity contribution is 6.04. The van der Waals surface area contributed by atoms with Crippen LogP contribution in [0.2, 0.25) is 0 Å². The molecule has 3 aromatic rings. The van der Waals surface area contributed by atoms with E-state index in [4.69, 9.17) is 4.52 Å². The van der Waals surface area contributed by atoms with Crippen LogP contribution in [0.4, 0.5) is 18.9 Å². The first-order valence-electron chi connectivity index (χ1n) is 9.25. The van der Waals surface area contributed by atoms with Gasteiger partial charge in [-0.05, 0) is 42.3 Å². The first kappa shape index (κ1) is 21.3. The third-order valence-corrected chi connectivity index (χ3v) is 4.35. The molecule has 0 saturated carbocycles. The number of nitrogens with one attached hydrogen (secondary N) is 1. The Kier molecular flexibility index (Phi) is 6.05. The van der Waals surface area contributed by atoms with Crippen molar-refractivity contribution in [3.63, 3.8) is 0 Å². The van der Waals surface area contributed by atoms with Gasteiger partial charge in [0.25, 0.3) is 5.89 Å². The molecule has 2 aromatic carbocycles. The Balaban J connectivity index is 1.83. The molecule has 8 heteroatoms. The van der Waals surface area contributed by atoms with E-state index < -0.39 is 17.6 Å². The molecule has 0 radical (unpaired) electrons. The van der Waals surface area contributed by atoms with Crippen molar-refractivity contribution in [1.29, 1.82) is 0 Å². The Labute approximate surface area is 171 Å². The molecule has 0 aliphatic carbocycles. The lowest BCUT2D eigenvalue weighted by molar-refractivity contribution is -0.137. The van der Waals surface area contributed by atoms with Gasteiger partial charge in [-0.15, -0.1) is 0 Å². The van der Waals surface area contributed by atoms with Crippen LogP contribution in [0.3, 0.4) is 0 Å². The molecular weight excluding hydrogens is 395 g/mol. The Morgan fingerprint density at radius 1 is 1.17 bits per heavy atom. The molecule has 156 valence electrons. The van der Waals surface area contributed by atoms with Crippen LogP contribution in [0.15, 0.2) is 53.1 Å². The normalized spacial score (nSPS) is 12.0. The lowest BCUT2D eigenvalue weighted by Gasteiger charge is -2.10. The number of aryl methyl sites for hydroxylation is 1. The fourth-order valence-electron chi connectivity index (χ4n) is 2.75. The van der Waals surface area contributed by atoms with Gasteiger partial charge in [0, 0.05) is 12.0 Å². The van der Waals surface area contributed by atoms with Gasteiger partial charge >= 0.3 is 6.18 Å². The monoisotopic (exact) mass is 415 g/mol. The minimum atomic E-state index is -4.44.